The molecule has 0 unspecified atom stereocenters. The second kappa shape index (κ2) is 12.4. The van der Waals surface area contributed by atoms with E-state index in [2.05, 4.69) is 150 Å². The van der Waals surface area contributed by atoms with Gasteiger partial charge in [0.25, 0.3) is 0 Å². The number of aromatic nitrogens is 2. The van der Waals surface area contributed by atoms with Gasteiger partial charge < -0.3 is 9.32 Å². The monoisotopic (exact) mass is 665 g/mol. The van der Waals surface area contributed by atoms with Crippen LogP contribution in [-0.2, 0) is 0 Å². The fraction of sp³-hybridized carbons (Fsp3) is 0. The zero-order chi connectivity index (χ0) is 34.4. The van der Waals surface area contributed by atoms with Gasteiger partial charge in [-0.25, -0.2) is 9.97 Å². The normalized spacial score (nSPS) is 11.5. The van der Waals surface area contributed by atoms with Crippen molar-refractivity contribution >= 4 is 60.8 Å². The molecule has 10 rings (SSSR count). The minimum atomic E-state index is 0.868. The lowest BCUT2D eigenvalue weighted by Crippen LogP contribution is -2.10. The molecule has 0 saturated carbocycles. The van der Waals surface area contributed by atoms with Crippen molar-refractivity contribution in [2.24, 2.45) is 0 Å². The smallest absolute Gasteiger partial charge is 0.159 e. The van der Waals surface area contributed by atoms with Crippen LogP contribution < -0.4 is 4.90 Å². The molecule has 4 nitrogen and oxygen atoms in total. The Morgan fingerprint density at radius 1 is 0.404 bits per heavy atom. The van der Waals surface area contributed by atoms with E-state index in [9.17, 15) is 0 Å². The summed E-state index contributed by atoms with van der Waals surface area (Å²) in [5, 5.41) is 4.42. The summed E-state index contributed by atoms with van der Waals surface area (Å²) in [4.78, 5) is 12.8. The maximum absolute atomic E-state index is 6.48. The first kappa shape index (κ1) is 29.8. The molecule has 4 heteroatoms. The van der Waals surface area contributed by atoms with E-state index in [4.69, 9.17) is 14.4 Å². The number of nitrogens with zero attached hydrogens (tertiary/aromatic N) is 3. The van der Waals surface area contributed by atoms with Gasteiger partial charge in [-0.05, 0) is 65.0 Å². The summed E-state index contributed by atoms with van der Waals surface area (Å²) in [7, 11) is 0. The van der Waals surface area contributed by atoms with Crippen LogP contribution in [-0.4, -0.2) is 9.97 Å². The molecule has 52 heavy (non-hydrogen) atoms. The fourth-order valence-corrected chi connectivity index (χ4v) is 7.34. The lowest BCUT2D eigenvalue weighted by Gasteiger charge is -2.25. The van der Waals surface area contributed by atoms with Crippen LogP contribution in [0, 0.1) is 0 Å². The zero-order valence-corrected chi connectivity index (χ0v) is 28.1. The molecule has 0 aliphatic rings. The van der Waals surface area contributed by atoms with Crippen LogP contribution in [0.15, 0.2) is 192 Å². The maximum atomic E-state index is 6.48. The van der Waals surface area contributed by atoms with Gasteiger partial charge in [-0.3, -0.25) is 0 Å². The summed E-state index contributed by atoms with van der Waals surface area (Å²) in [5.74, 6) is 0. The first-order chi connectivity index (χ1) is 25.8. The molecule has 0 bridgehead atoms. The van der Waals surface area contributed by atoms with E-state index in [0.29, 0.717) is 0 Å². The van der Waals surface area contributed by atoms with Crippen molar-refractivity contribution in [2.75, 3.05) is 4.90 Å². The summed E-state index contributed by atoms with van der Waals surface area (Å²) >= 11 is 0. The molecular weight excluding hydrogens is 635 g/mol. The van der Waals surface area contributed by atoms with Crippen molar-refractivity contribution < 1.29 is 4.42 Å². The van der Waals surface area contributed by atoms with Crippen molar-refractivity contribution in [1.29, 1.82) is 0 Å². The third kappa shape index (κ3) is 5.09. The molecule has 0 N–H and O–H groups in total. The van der Waals surface area contributed by atoms with Gasteiger partial charge in [0.05, 0.1) is 28.1 Å². The van der Waals surface area contributed by atoms with E-state index < -0.39 is 0 Å². The van der Waals surface area contributed by atoms with Crippen molar-refractivity contribution in [2.45, 2.75) is 0 Å². The largest absolute Gasteiger partial charge is 0.454 e. The van der Waals surface area contributed by atoms with Gasteiger partial charge in [-0.1, -0.05) is 140 Å². The van der Waals surface area contributed by atoms with E-state index in [-0.39, 0.29) is 0 Å². The quantitative estimate of drug-likeness (QED) is 0.166. The maximum Gasteiger partial charge on any atom is 0.159 e. The minimum absolute atomic E-state index is 0.868. The molecule has 0 aliphatic heterocycles. The van der Waals surface area contributed by atoms with Crippen molar-refractivity contribution in [3.05, 3.63) is 188 Å². The summed E-state index contributed by atoms with van der Waals surface area (Å²) in [5.41, 5.74) is 12.8. The molecule has 8 aromatic carbocycles. The lowest BCUT2D eigenvalue weighted by atomic mass is 9.99. The SMILES string of the molecule is c1ccc(-c2nc3ccc4cc(-c5ccc(N(c6ccccc6)c6cccc7c6oc6ccccc67)cc5)ccc4c3nc2-c2ccccc2)cc1. The van der Waals surface area contributed by atoms with E-state index >= 15 is 0 Å². The third-order valence-corrected chi connectivity index (χ3v) is 9.84. The van der Waals surface area contributed by atoms with E-state index in [1.807, 2.05) is 42.5 Å². The van der Waals surface area contributed by atoms with Gasteiger partial charge in [0.15, 0.2) is 5.58 Å². The molecule has 0 aliphatic carbocycles. The number of rotatable bonds is 6. The van der Waals surface area contributed by atoms with Crippen LogP contribution in [0.1, 0.15) is 0 Å². The Morgan fingerprint density at radius 3 is 1.77 bits per heavy atom. The second-order valence-electron chi connectivity index (χ2n) is 13.0. The molecular formula is C48H31N3O. The number of hydrogen-bond donors (Lipinski definition) is 0. The minimum Gasteiger partial charge on any atom is -0.454 e. The number of anilines is 3. The third-order valence-electron chi connectivity index (χ3n) is 9.84. The summed E-state index contributed by atoms with van der Waals surface area (Å²) < 4.78 is 6.48. The standard InChI is InChI=1S/C48H31N3O/c1-4-13-33(14-5-1)45-46(34-15-6-2-7-16-34)50-47-39-29-25-35(31-36(39)26-30-42(47)49-45)32-23-27-38(28-24-32)51(37-17-8-3-9-18-37)43-21-12-20-41-40-19-10-11-22-44(40)52-48(41)43/h1-31H. The average Bonchev–Trinajstić information content (AvgIpc) is 3.61. The van der Waals surface area contributed by atoms with Crippen molar-refractivity contribution in [3.8, 4) is 33.6 Å². The molecule has 10 aromatic rings. The first-order valence-electron chi connectivity index (χ1n) is 17.5. The van der Waals surface area contributed by atoms with E-state index in [1.165, 1.54) is 0 Å². The number of furan rings is 1. The van der Waals surface area contributed by atoms with Gasteiger partial charge in [-0.15, -0.1) is 0 Å². The van der Waals surface area contributed by atoms with E-state index in [1.54, 1.807) is 0 Å². The van der Waals surface area contributed by atoms with Crippen molar-refractivity contribution in [1.82, 2.24) is 9.97 Å². The Morgan fingerprint density at radius 2 is 1.02 bits per heavy atom. The fourth-order valence-electron chi connectivity index (χ4n) is 7.34. The molecule has 2 aromatic heterocycles. The lowest BCUT2D eigenvalue weighted by molar-refractivity contribution is 0.669. The van der Waals surface area contributed by atoms with Gasteiger partial charge >= 0.3 is 0 Å². The molecule has 0 fully saturated rings. The molecule has 0 saturated heterocycles. The molecule has 0 atom stereocenters. The van der Waals surface area contributed by atoms with Crippen LogP contribution >= 0.6 is 0 Å². The Kier molecular flexibility index (Phi) is 7.10. The topological polar surface area (TPSA) is 42.2 Å². The molecule has 244 valence electrons. The number of para-hydroxylation sites is 3. The zero-order valence-electron chi connectivity index (χ0n) is 28.1. The first-order valence-corrected chi connectivity index (χ1v) is 17.5. The summed E-state index contributed by atoms with van der Waals surface area (Å²) in [6.07, 6.45) is 0. The molecule has 0 spiro atoms. The second-order valence-corrected chi connectivity index (χ2v) is 13.0. The Bertz CT molecular complexity index is 2880. The van der Waals surface area contributed by atoms with Crippen LogP contribution in [0.5, 0.6) is 0 Å². The highest BCUT2D eigenvalue weighted by Crippen LogP contribution is 2.42. The highest BCUT2D eigenvalue weighted by atomic mass is 16.3. The Labute approximate surface area is 300 Å². The van der Waals surface area contributed by atoms with Crippen LogP contribution in [0.3, 0.4) is 0 Å². The molecule has 0 amide bonds. The van der Waals surface area contributed by atoms with Crippen LogP contribution in [0.25, 0.3) is 77.4 Å². The number of fused-ring (bicyclic) bond motifs is 6. The summed E-state index contributed by atoms with van der Waals surface area (Å²) in [6, 6.07) is 65.4. The van der Waals surface area contributed by atoms with E-state index in [0.717, 1.165) is 94.4 Å². The Balaban J connectivity index is 1.06. The van der Waals surface area contributed by atoms with Crippen LogP contribution in [0.2, 0.25) is 0 Å². The summed E-state index contributed by atoms with van der Waals surface area (Å²) in [6.45, 7) is 0. The average molecular weight is 666 g/mol. The number of hydrogen-bond acceptors (Lipinski definition) is 4. The van der Waals surface area contributed by atoms with Gasteiger partial charge in [0.1, 0.15) is 5.58 Å². The van der Waals surface area contributed by atoms with Gasteiger partial charge in [0, 0.05) is 38.7 Å². The Hall–Kier alpha value is -7.04. The molecule has 0 radical (unpaired) electrons. The highest BCUT2D eigenvalue weighted by Gasteiger charge is 2.20. The van der Waals surface area contributed by atoms with Gasteiger partial charge in [-0.2, -0.15) is 0 Å². The predicted molar refractivity (Wildman–Crippen MR) is 215 cm³/mol. The number of benzene rings is 8. The van der Waals surface area contributed by atoms with Crippen LogP contribution in [0.4, 0.5) is 17.1 Å². The highest BCUT2D eigenvalue weighted by molar-refractivity contribution is 6.10. The predicted octanol–water partition coefficient (Wildman–Crippen LogP) is 13.2. The van der Waals surface area contributed by atoms with Gasteiger partial charge in [0.2, 0.25) is 0 Å². The van der Waals surface area contributed by atoms with Crippen molar-refractivity contribution in [3.63, 3.8) is 0 Å². The molecule has 2 heterocycles.